The summed E-state index contributed by atoms with van der Waals surface area (Å²) >= 11 is 0. The van der Waals surface area contributed by atoms with Crippen molar-refractivity contribution < 1.29 is 19.1 Å². The number of amides is 3. The van der Waals surface area contributed by atoms with Gasteiger partial charge in [-0.3, -0.25) is 14.6 Å². The molecule has 1 aromatic heterocycles. The SMILES string of the molecule is CC(C)(C)OC(=O)NCCNC(=O)[C@@H]1CCCN(C(=O)c2ccccn2)C1. The summed E-state index contributed by atoms with van der Waals surface area (Å²) in [4.78, 5) is 42.2. The van der Waals surface area contributed by atoms with Crippen LogP contribution < -0.4 is 10.6 Å². The number of nitrogens with one attached hydrogen (secondary N) is 2. The largest absolute Gasteiger partial charge is 0.444 e. The van der Waals surface area contributed by atoms with Gasteiger partial charge >= 0.3 is 6.09 Å². The lowest BCUT2D eigenvalue weighted by molar-refractivity contribution is -0.126. The van der Waals surface area contributed by atoms with E-state index in [2.05, 4.69) is 15.6 Å². The lowest BCUT2D eigenvalue weighted by atomic mass is 9.97. The Bertz CT molecular complexity index is 657. The second-order valence-electron chi connectivity index (χ2n) is 7.52. The van der Waals surface area contributed by atoms with Crippen LogP contribution in [0.5, 0.6) is 0 Å². The van der Waals surface area contributed by atoms with Gasteiger partial charge < -0.3 is 20.3 Å². The Kier molecular flexibility index (Phi) is 7.15. The van der Waals surface area contributed by atoms with Crippen molar-refractivity contribution in [2.45, 2.75) is 39.2 Å². The summed E-state index contributed by atoms with van der Waals surface area (Å²) in [7, 11) is 0. The second kappa shape index (κ2) is 9.34. The first kappa shape index (κ1) is 20.7. The van der Waals surface area contributed by atoms with Crippen LogP contribution in [-0.4, -0.2) is 59.6 Å². The van der Waals surface area contributed by atoms with Crippen molar-refractivity contribution in [1.29, 1.82) is 0 Å². The molecule has 0 radical (unpaired) electrons. The Balaban J connectivity index is 1.75. The normalized spacial score (nSPS) is 17.1. The second-order valence-corrected chi connectivity index (χ2v) is 7.52. The molecule has 0 bridgehead atoms. The quantitative estimate of drug-likeness (QED) is 0.760. The molecular weight excluding hydrogens is 348 g/mol. The third-order valence-electron chi connectivity index (χ3n) is 4.06. The summed E-state index contributed by atoms with van der Waals surface area (Å²) < 4.78 is 5.13. The van der Waals surface area contributed by atoms with Crippen LogP contribution in [0.25, 0.3) is 0 Å². The van der Waals surface area contributed by atoms with Crippen molar-refractivity contribution in [2.75, 3.05) is 26.2 Å². The van der Waals surface area contributed by atoms with E-state index in [1.807, 2.05) is 0 Å². The van der Waals surface area contributed by atoms with E-state index in [4.69, 9.17) is 4.74 Å². The van der Waals surface area contributed by atoms with E-state index < -0.39 is 11.7 Å². The van der Waals surface area contributed by atoms with Crippen LogP contribution in [0.1, 0.15) is 44.1 Å². The molecule has 2 heterocycles. The fourth-order valence-electron chi connectivity index (χ4n) is 2.84. The third kappa shape index (κ3) is 6.88. The van der Waals surface area contributed by atoms with Crippen LogP contribution >= 0.6 is 0 Å². The van der Waals surface area contributed by atoms with E-state index in [9.17, 15) is 14.4 Å². The molecule has 1 fully saturated rings. The maximum Gasteiger partial charge on any atom is 0.407 e. The molecule has 2 rings (SSSR count). The van der Waals surface area contributed by atoms with E-state index in [0.29, 0.717) is 25.3 Å². The summed E-state index contributed by atoms with van der Waals surface area (Å²) in [5.74, 6) is -0.521. The van der Waals surface area contributed by atoms with Crippen LogP contribution in [0.2, 0.25) is 0 Å². The molecule has 3 amide bonds. The minimum atomic E-state index is -0.557. The number of hydrogen-bond acceptors (Lipinski definition) is 5. The predicted molar refractivity (Wildman–Crippen MR) is 100 cm³/mol. The molecule has 1 aromatic rings. The Morgan fingerprint density at radius 3 is 2.63 bits per heavy atom. The zero-order valence-corrected chi connectivity index (χ0v) is 16.2. The molecule has 1 saturated heterocycles. The third-order valence-corrected chi connectivity index (χ3v) is 4.06. The Morgan fingerprint density at radius 1 is 1.22 bits per heavy atom. The number of hydrogen-bond donors (Lipinski definition) is 2. The van der Waals surface area contributed by atoms with Crippen LogP contribution in [0.3, 0.4) is 0 Å². The highest BCUT2D eigenvalue weighted by Crippen LogP contribution is 2.18. The van der Waals surface area contributed by atoms with Gasteiger partial charge in [0.05, 0.1) is 5.92 Å². The van der Waals surface area contributed by atoms with Gasteiger partial charge in [-0.25, -0.2) is 4.79 Å². The lowest BCUT2D eigenvalue weighted by Crippen LogP contribution is -2.46. The van der Waals surface area contributed by atoms with Crippen LogP contribution in [-0.2, 0) is 9.53 Å². The fraction of sp³-hybridized carbons (Fsp3) is 0.579. The number of likely N-dealkylation sites (tertiary alicyclic amines) is 1. The molecule has 0 aromatic carbocycles. The molecular formula is C19H28N4O4. The number of ether oxygens (including phenoxy) is 1. The number of aromatic nitrogens is 1. The van der Waals surface area contributed by atoms with Gasteiger partial charge in [-0.15, -0.1) is 0 Å². The minimum Gasteiger partial charge on any atom is -0.444 e. The van der Waals surface area contributed by atoms with E-state index in [-0.39, 0.29) is 24.3 Å². The summed E-state index contributed by atoms with van der Waals surface area (Å²) in [6.07, 6.45) is 2.57. The minimum absolute atomic E-state index is 0.112. The fourth-order valence-corrected chi connectivity index (χ4v) is 2.84. The zero-order valence-electron chi connectivity index (χ0n) is 16.2. The van der Waals surface area contributed by atoms with E-state index in [1.165, 1.54) is 0 Å². The summed E-state index contributed by atoms with van der Waals surface area (Å²) in [6.45, 7) is 6.95. The highest BCUT2D eigenvalue weighted by molar-refractivity contribution is 5.92. The van der Waals surface area contributed by atoms with Crippen molar-refractivity contribution in [3.8, 4) is 0 Å². The first-order valence-electron chi connectivity index (χ1n) is 9.21. The summed E-state index contributed by atoms with van der Waals surface area (Å²) in [6, 6.07) is 5.20. The summed E-state index contributed by atoms with van der Waals surface area (Å²) in [5.41, 5.74) is -0.168. The monoisotopic (exact) mass is 376 g/mol. The predicted octanol–water partition coefficient (Wildman–Crippen LogP) is 1.57. The Morgan fingerprint density at radius 2 is 1.96 bits per heavy atom. The lowest BCUT2D eigenvalue weighted by Gasteiger charge is -2.31. The number of rotatable bonds is 5. The van der Waals surface area contributed by atoms with E-state index in [1.54, 1.807) is 50.1 Å². The molecule has 1 aliphatic heterocycles. The molecule has 1 atom stereocenters. The van der Waals surface area contributed by atoms with Crippen molar-refractivity contribution in [2.24, 2.45) is 5.92 Å². The number of nitrogens with zero attached hydrogens (tertiary/aromatic N) is 2. The Hall–Kier alpha value is -2.64. The highest BCUT2D eigenvalue weighted by Gasteiger charge is 2.29. The van der Waals surface area contributed by atoms with Crippen LogP contribution in [0.4, 0.5) is 4.79 Å². The molecule has 148 valence electrons. The average molecular weight is 376 g/mol. The molecule has 0 aliphatic carbocycles. The molecule has 2 N–H and O–H groups in total. The van der Waals surface area contributed by atoms with Crippen LogP contribution in [0.15, 0.2) is 24.4 Å². The number of pyridine rings is 1. The van der Waals surface area contributed by atoms with Crippen molar-refractivity contribution in [1.82, 2.24) is 20.5 Å². The average Bonchev–Trinajstić information content (AvgIpc) is 2.64. The van der Waals surface area contributed by atoms with E-state index >= 15 is 0 Å². The first-order valence-corrected chi connectivity index (χ1v) is 9.21. The van der Waals surface area contributed by atoms with Gasteiger partial charge in [0.1, 0.15) is 11.3 Å². The van der Waals surface area contributed by atoms with Crippen LogP contribution in [0, 0.1) is 5.92 Å². The Labute approximate surface area is 159 Å². The van der Waals surface area contributed by atoms with Gasteiger partial charge in [-0.2, -0.15) is 0 Å². The highest BCUT2D eigenvalue weighted by atomic mass is 16.6. The van der Waals surface area contributed by atoms with Gasteiger partial charge in [0, 0.05) is 32.4 Å². The number of carbonyl (C=O) groups is 3. The maximum atomic E-state index is 12.5. The number of alkyl carbamates (subject to hydrolysis) is 1. The van der Waals surface area contributed by atoms with Gasteiger partial charge in [0.15, 0.2) is 0 Å². The van der Waals surface area contributed by atoms with Gasteiger partial charge in [0.25, 0.3) is 5.91 Å². The molecule has 8 heteroatoms. The standard InChI is InChI=1S/C19H28N4O4/c1-19(2,3)27-18(26)22-11-10-21-16(24)14-7-6-12-23(13-14)17(25)15-8-4-5-9-20-15/h4-5,8-9,14H,6-7,10-13H2,1-3H3,(H,21,24)(H,22,26)/t14-/m1/s1. The van der Waals surface area contributed by atoms with Gasteiger partial charge in [0.2, 0.25) is 5.91 Å². The van der Waals surface area contributed by atoms with Crippen molar-refractivity contribution >= 4 is 17.9 Å². The molecule has 1 aliphatic rings. The zero-order chi connectivity index (χ0) is 19.9. The number of carbonyl (C=O) groups excluding carboxylic acids is 3. The first-order chi connectivity index (χ1) is 12.8. The molecule has 0 saturated carbocycles. The van der Waals surface area contributed by atoms with E-state index in [0.717, 1.165) is 12.8 Å². The topological polar surface area (TPSA) is 101 Å². The number of piperidine rings is 1. The van der Waals surface area contributed by atoms with Gasteiger partial charge in [-0.1, -0.05) is 6.07 Å². The molecule has 0 unspecified atom stereocenters. The van der Waals surface area contributed by atoms with Gasteiger partial charge in [-0.05, 0) is 45.7 Å². The maximum absolute atomic E-state index is 12.5. The smallest absolute Gasteiger partial charge is 0.407 e. The van der Waals surface area contributed by atoms with Crippen molar-refractivity contribution in [3.63, 3.8) is 0 Å². The molecule has 0 spiro atoms. The molecule has 8 nitrogen and oxygen atoms in total. The molecule has 27 heavy (non-hydrogen) atoms. The summed E-state index contributed by atoms with van der Waals surface area (Å²) in [5, 5.41) is 5.40. The van der Waals surface area contributed by atoms with Crippen molar-refractivity contribution in [3.05, 3.63) is 30.1 Å².